The van der Waals surface area contributed by atoms with Crippen molar-refractivity contribution >= 4 is 5.78 Å². The van der Waals surface area contributed by atoms with Crippen molar-refractivity contribution in [2.75, 3.05) is 0 Å². The molecule has 0 unspecified atom stereocenters. The van der Waals surface area contributed by atoms with Gasteiger partial charge in [0.05, 0.1) is 11.1 Å². The number of ketones is 1. The van der Waals surface area contributed by atoms with Gasteiger partial charge in [-0.05, 0) is 36.8 Å². The zero-order chi connectivity index (χ0) is 14.2. The minimum Gasteiger partial charge on any atom is -0.288 e. The molecular formula is C14H8F4O. The minimum atomic E-state index is -1.23. The Labute approximate surface area is 106 Å². The van der Waals surface area contributed by atoms with Crippen molar-refractivity contribution in [1.29, 1.82) is 0 Å². The third kappa shape index (κ3) is 2.36. The summed E-state index contributed by atoms with van der Waals surface area (Å²) in [5.41, 5.74) is -1.55. The van der Waals surface area contributed by atoms with Gasteiger partial charge in [0.15, 0.2) is 0 Å². The van der Waals surface area contributed by atoms with E-state index in [0.29, 0.717) is 6.07 Å². The SMILES string of the molecule is Cc1ccc(F)c(C(=O)c2cc(F)ccc2F)c1F. The fourth-order valence-corrected chi connectivity index (χ4v) is 1.67. The van der Waals surface area contributed by atoms with Crippen LogP contribution in [0.2, 0.25) is 0 Å². The highest BCUT2D eigenvalue weighted by Gasteiger charge is 2.23. The lowest BCUT2D eigenvalue weighted by atomic mass is 9.99. The minimum absolute atomic E-state index is 0.0431. The van der Waals surface area contributed by atoms with Gasteiger partial charge in [0, 0.05) is 0 Å². The van der Waals surface area contributed by atoms with Gasteiger partial charge in [-0.3, -0.25) is 4.79 Å². The zero-order valence-corrected chi connectivity index (χ0v) is 9.81. The first-order chi connectivity index (χ1) is 8.91. The molecule has 0 aliphatic heterocycles. The number of hydrogen-bond donors (Lipinski definition) is 0. The molecule has 5 heteroatoms. The number of carbonyl (C=O) groups is 1. The van der Waals surface area contributed by atoms with E-state index in [0.717, 1.165) is 24.3 Å². The summed E-state index contributed by atoms with van der Waals surface area (Å²) in [4.78, 5) is 11.9. The van der Waals surface area contributed by atoms with Crippen molar-refractivity contribution in [1.82, 2.24) is 0 Å². The van der Waals surface area contributed by atoms with E-state index in [1.54, 1.807) is 0 Å². The van der Waals surface area contributed by atoms with E-state index in [9.17, 15) is 22.4 Å². The predicted octanol–water partition coefficient (Wildman–Crippen LogP) is 3.78. The van der Waals surface area contributed by atoms with Gasteiger partial charge in [-0.25, -0.2) is 17.6 Å². The first kappa shape index (κ1) is 13.3. The lowest BCUT2D eigenvalue weighted by Crippen LogP contribution is -2.11. The Kier molecular flexibility index (Phi) is 3.38. The van der Waals surface area contributed by atoms with E-state index in [1.165, 1.54) is 6.92 Å². The number of halogens is 4. The molecule has 98 valence electrons. The average Bonchev–Trinajstić information content (AvgIpc) is 2.37. The molecular weight excluding hydrogens is 260 g/mol. The van der Waals surface area contributed by atoms with Gasteiger partial charge in [0.25, 0.3) is 0 Å². The summed E-state index contributed by atoms with van der Waals surface area (Å²) in [6.45, 7) is 1.34. The van der Waals surface area contributed by atoms with Crippen molar-refractivity contribution in [3.05, 3.63) is 70.3 Å². The molecule has 2 aromatic rings. The Morgan fingerprint density at radius 3 is 2.26 bits per heavy atom. The highest BCUT2D eigenvalue weighted by molar-refractivity contribution is 6.09. The molecule has 0 aromatic heterocycles. The molecule has 0 bridgehead atoms. The first-order valence-electron chi connectivity index (χ1n) is 5.36. The molecule has 0 saturated heterocycles. The summed E-state index contributed by atoms with van der Waals surface area (Å²) in [5.74, 6) is -5.31. The molecule has 0 atom stereocenters. The fraction of sp³-hybridized carbons (Fsp3) is 0.0714. The van der Waals surface area contributed by atoms with Gasteiger partial charge in [0.1, 0.15) is 23.3 Å². The van der Waals surface area contributed by atoms with Crippen LogP contribution >= 0.6 is 0 Å². The topological polar surface area (TPSA) is 17.1 Å². The van der Waals surface area contributed by atoms with E-state index in [4.69, 9.17) is 0 Å². The van der Waals surface area contributed by atoms with Crippen molar-refractivity contribution < 1.29 is 22.4 Å². The molecule has 0 fully saturated rings. The zero-order valence-electron chi connectivity index (χ0n) is 9.81. The number of carbonyl (C=O) groups excluding carboxylic acids is 1. The average molecular weight is 268 g/mol. The van der Waals surface area contributed by atoms with Crippen molar-refractivity contribution in [2.24, 2.45) is 0 Å². The largest absolute Gasteiger partial charge is 0.288 e. The van der Waals surface area contributed by atoms with Gasteiger partial charge in [-0.2, -0.15) is 0 Å². The monoisotopic (exact) mass is 268 g/mol. The summed E-state index contributed by atoms with van der Waals surface area (Å²) in [6, 6.07) is 4.22. The third-order valence-corrected chi connectivity index (χ3v) is 2.68. The molecule has 1 nitrogen and oxygen atoms in total. The maximum atomic E-state index is 13.8. The second kappa shape index (κ2) is 4.84. The molecule has 0 aliphatic carbocycles. The van der Waals surface area contributed by atoms with Crippen LogP contribution < -0.4 is 0 Å². The third-order valence-electron chi connectivity index (χ3n) is 2.68. The van der Waals surface area contributed by atoms with Crippen LogP contribution in [0.3, 0.4) is 0 Å². The number of rotatable bonds is 2. The van der Waals surface area contributed by atoms with Crippen molar-refractivity contribution in [3.63, 3.8) is 0 Å². The van der Waals surface area contributed by atoms with Gasteiger partial charge in [-0.1, -0.05) is 6.07 Å². The second-order valence-corrected chi connectivity index (χ2v) is 4.01. The van der Waals surface area contributed by atoms with E-state index in [1.807, 2.05) is 0 Å². The highest BCUT2D eigenvalue weighted by Crippen LogP contribution is 2.22. The second-order valence-electron chi connectivity index (χ2n) is 4.01. The van der Waals surface area contributed by atoms with Crippen LogP contribution in [-0.2, 0) is 0 Å². The number of benzene rings is 2. The standard InChI is InChI=1S/C14H8F4O/c1-7-2-4-11(17)12(13(7)18)14(19)9-6-8(15)3-5-10(9)16/h2-6H,1H3. The van der Waals surface area contributed by atoms with Crippen LogP contribution in [-0.4, -0.2) is 5.78 Å². The lowest BCUT2D eigenvalue weighted by Gasteiger charge is -2.07. The van der Waals surface area contributed by atoms with Gasteiger partial charge in [0.2, 0.25) is 5.78 Å². The maximum Gasteiger partial charge on any atom is 0.201 e. The quantitative estimate of drug-likeness (QED) is 0.598. The van der Waals surface area contributed by atoms with Crippen LogP contribution in [0.15, 0.2) is 30.3 Å². The smallest absolute Gasteiger partial charge is 0.201 e. The van der Waals surface area contributed by atoms with Crippen molar-refractivity contribution in [2.45, 2.75) is 6.92 Å². The van der Waals surface area contributed by atoms with Crippen LogP contribution in [0.1, 0.15) is 21.5 Å². The summed E-state index contributed by atoms with van der Waals surface area (Å²) in [6.07, 6.45) is 0. The van der Waals surface area contributed by atoms with Gasteiger partial charge in [-0.15, -0.1) is 0 Å². The highest BCUT2D eigenvalue weighted by atomic mass is 19.1. The van der Waals surface area contributed by atoms with Crippen molar-refractivity contribution in [3.8, 4) is 0 Å². The predicted molar refractivity (Wildman–Crippen MR) is 60.9 cm³/mol. The Hall–Kier alpha value is -2.17. The van der Waals surface area contributed by atoms with E-state index in [-0.39, 0.29) is 5.56 Å². The molecule has 0 spiro atoms. The first-order valence-corrected chi connectivity index (χ1v) is 5.36. The van der Waals surface area contributed by atoms with Gasteiger partial charge >= 0.3 is 0 Å². The Morgan fingerprint density at radius 1 is 0.947 bits per heavy atom. The molecule has 0 aliphatic rings. The molecule has 19 heavy (non-hydrogen) atoms. The summed E-state index contributed by atoms with van der Waals surface area (Å²) in [5, 5.41) is 0. The Morgan fingerprint density at radius 2 is 1.58 bits per heavy atom. The molecule has 0 N–H and O–H groups in total. The van der Waals surface area contributed by atoms with Crippen LogP contribution in [0.25, 0.3) is 0 Å². The number of hydrogen-bond acceptors (Lipinski definition) is 1. The Bertz CT molecular complexity index is 665. The summed E-state index contributed by atoms with van der Waals surface area (Å²) >= 11 is 0. The maximum absolute atomic E-state index is 13.8. The van der Waals surface area contributed by atoms with E-state index >= 15 is 0 Å². The molecule has 0 saturated carbocycles. The van der Waals surface area contributed by atoms with Crippen LogP contribution in [0, 0.1) is 30.2 Å². The van der Waals surface area contributed by atoms with Crippen LogP contribution in [0.4, 0.5) is 17.6 Å². The summed E-state index contributed by atoms with van der Waals surface area (Å²) < 4.78 is 53.7. The normalized spacial score (nSPS) is 10.6. The lowest BCUT2D eigenvalue weighted by molar-refractivity contribution is 0.102. The van der Waals surface area contributed by atoms with Crippen LogP contribution in [0.5, 0.6) is 0 Å². The van der Waals surface area contributed by atoms with Gasteiger partial charge < -0.3 is 0 Å². The van der Waals surface area contributed by atoms with E-state index in [2.05, 4.69) is 0 Å². The Balaban J connectivity index is 2.63. The molecule has 0 radical (unpaired) electrons. The van der Waals surface area contributed by atoms with E-state index < -0.39 is 40.2 Å². The molecule has 0 heterocycles. The molecule has 0 amide bonds. The molecule has 2 rings (SSSR count). The molecule has 2 aromatic carbocycles. The summed E-state index contributed by atoms with van der Waals surface area (Å²) in [7, 11) is 0. The fourth-order valence-electron chi connectivity index (χ4n) is 1.67. The number of aryl methyl sites for hydroxylation is 1.